The minimum absolute atomic E-state index is 0.00964. The highest BCUT2D eigenvalue weighted by atomic mass is 79.9. The fourth-order valence-corrected chi connectivity index (χ4v) is 6.22. The van der Waals surface area contributed by atoms with Gasteiger partial charge in [-0.2, -0.15) is 4.98 Å². The first-order chi connectivity index (χ1) is 17.8. The third kappa shape index (κ3) is 5.38. The van der Waals surface area contributed by atoms with Gasteiger partial charge in [-0.25, -0.2) is 8.78 Å². The first kappa shape index (κ1) is 26.8. The van der Waals surface area contributed by atoms with E-state index in [-0.39, 0.29) is 57.5 Å². The van der Waals surface area contributed by atoms with Gasteiger partial charge in [-0.15, -0.1) is 6.58 Å². The molecule has 3 fully saturated rings. The summed E-state index contributed by atoms with van der Waals surface area (Å²) in [4.78, 5) is 22.0. The number of hydrogen-bond donors (Lipinski definition) is 2. The molecule has 3 aliphatic heterocycles. The minimum atomic E-state index is -0.915. The maximum Gasteiger partial charge on any atom is 0.297 e. The largest absolute Gasteiger partial charge is 0.489 e. The van der Waals surface area contributed by atoms with E-state index in [0.29, 0.717) is 19.6 Å². The van der Waals surface area contributed by atoms with Crippen molar-refractivity contribution in [2.45, 2.75) is 55.9 Å². The van der Waals surface area contributed by atoms with Gasteiger partial charge in [0.2, 0.25) is 0 Å². The second-order valence-electron chi connectivity index (χ2n) is 9.96. The lowest BCUT2D eigenvalue weighted by atomic mass is 9.95. The molecule has 12 heteroatoms. The van der Waals surface area contributed by atoms with E-state index in [1.807, 2.05) is 0 Å². The lowest BCUT2D eigenvalue weighted by Crippen LogP contribution is -2.44. The summed E-state index contributed by atoms with van der Waals surface area (Å²) in [5, 5.41) is 3.22. The number of benzene rings is 1. The Bertz CT molecular complexity index is 1230. The third-order valence-corrected chi connectivity index (χ3v) is 8.79. The Morgan fingerprint density at radius 1 is 1.43 bits per heavy atom. The summed E-state index contributed by atoms with van der Waals surface area (Å²) < 4.78 is 46.5. The summed E-state index contributed by atoms with van der Waals surface area (Å²) in [6, 6.07) is -0.237. The van der Waals surface area contributed by atoms with Gasteiger partial charge in [-0.3, -0.25) is 14.7 Å². The molecule has 2 aromatic rings. The van der Waals surface area contributed by atoms with Crippen LogP contribution in [0.15, 0.2) is 21.9 Å². The van der Waals surface area contributed by atoms with Gasteiger partial charge in [0.1, 0.15) is 35.3 Å². The van der Waals surface area contributed by atoms with Crippen LogP contribution in [0.2, 0.25) is 5.02 Å². The van der Waals surface area contributed by atoms with Crippen molar-refractivity contribution in [3.8, 4) is 11.8 Å². The number of rotatable bonds is 9. The molecule has 1 aromatic carbocycles. The summed E-state index contributed by atoms with van der Waals surface area (Å²) in [7, 11) is 0. The molecule has 8 nitrogen and oxygen atoms in total. The van der Waals surface area contributed by atoms with Crippen LogP contribution in [0.3, 0.4) is 0 Å². The molecule has 2 N–H and O–H groups in total. The number of ether oxygens (including phenoxy) is 3. The number of nitrogens with one attached hydrogen (secondary N) is 2. The van der Waals surface area contributed by atoms with Crippen molar-refractivity contribution in [2.75, 3.05) is 39.5 Å². The molecule has 0 aliphatic carbocycles. The maximum atomic E-state index is 15.2. The van der Waals surface area contributed by atoms with Crippen LogP contribution in [0.25, 0.3) is 10.9 Å². The summed E-state index contributed by atoms with van der Waals surface area (Å²) in [5.41, 5.74) is -1.32. The Morgan fingerprint density at radius 2 is 2.27 bits per heavy atom. The number of aromatic nitrogens is 2. The van der Waals surface area contributed by atoms with Gasteiger partial charge >= 0.3 is 0 Å². The molecular weight excluding hydrogens is 574 g/mol. The van der Waals surface area contributed by atoms with Gasteiger partial charge in [0, 0.05) is 25.6 Å². The van der Waals surface area contributed by atoms with Gasteiger partial charge in [0.05, 0.1) is 22.7 Å². The normalized spacial score (nSPS) is 26.8. The number of H-pyrrole nitrogens is 1. The molecule has 37 heavy (non-hydrogen) atoms. The van der Waals surface area contributed by atoms with Gasteiger partial charge in [-0.05, 0) is 48.2 Å². The molecule has 0 radical (unpaired) electrons. The van der Waals surface area contributed by atoms with Gasteiger partial charge in [0.15, 0.2) is 11.6 Å². The molecule has 4 atom stereocenters. The van der Waals surface area contributed by atoms with Crippen LogP contribution in [-0.2, 0) is 4.74 Å². The Morgan fingerprint density at radius 3 is 3.03 bits per heavy atom. The molecule has 1 aromatic heterocycles. The lowest BCUT2D eigenvalue weighted by Gasteiger charge is -2.30. The van der Waals surface area contributed by atoms with Gasteiger partial charge < -0.3 is 19.5 Å². The average molecular weight is 604 g/mol. The van der Waals surface area contributed by atoms with E-state index in [1.54, 1.807) is 6.08 Å². The van der Waals surface area contributed by atoms with E-state index < -0.39 is 23.1 Å². The number of fused-ring (bicyclic) bond motifs is 2. The Balaban J connectivity index is 1.38. The molecule has 0 saturated carbocycles. The highest BCUT2D eigenvalue weighted by Gasteiger charge is 2.49. The van der Waals surface area contributed by atoms with Crippen molar-refractivity contribution in [1.82, 2.24) is 20.2 Å². The third-order valence-electron chi connectivity index (χ3n) is 7.46. The van der Waals surface area contributed by atoms with Crippen molar-refractivity contribution >= 4 is 38.4 Å². The van der Waals surface area contributed by atoms with E-state index in [2.05, 4.69) is 42.7 Å². The standard InChI is InChI=1S/C25H30BrClF2N4O4/c1-2-15(30-16-5-3-8-35-11-16)12-36-22-17-21(20(29)18(26)19(22)27)31-24(32-23(17)34)37-13-25-6-4-7-33(25)10-14(28)9-25/h2,14-16,30H,1,3-13H2,(H,31,32,34)/t14-,15?,16?,25+/m1/s1. The minimum Gasteiger partial charge on any atom is -0.489 e. The molecule has 0 spiro atoms. The van der Waals surface area contributed by atoms with E-state index in [1.165, 1.54) is 0 Å². The quantitative estimate of drug-likeness (QED) is 0.329. The SMILES string of the molecule is C=CC(COc1c(Cl)c(Br)c(F)c2nc(OC[C@@]34CCCN3C[C@H](F)C4)[nH]c(=O)c12)NC1CCCOC1. The maximum absolute atomic E-state index is 15.2. The summed E-state index contributed by atoms with van der Waals surface area (Å²) in [6.45, 7) is 6.63. The second-order valence-corrected chi connectivity index (χ2v) is 11.1. The molecule has 0 bridgehead atoms. The number of halogens is 4. The van der Waals surface area contributed by atoms with E-state index in [4.69, 9.17) is 25.8 Å². The zero-order chi connectivity index (χ0) is 26.2. The summed E-state index contributed by atoms with van der Waals surface area (Å²) in [5.74, 6) is -0.790. The van der Waals surface area contributed by atoms with Crippen molar-refractivity contribution in [3.63, 3.8) is 0 Å². The lowest BCUT2D eigenvalue weighted by molar-refractivity contribution is 0.0660. The second kappa shape index (κ2) is 11.1. The van der Waals surface area contributed by atoms with Crippen LogP contribution in [0.4, 0.5) is 8.78 Å². The predicted octanol–water partition coefficient (Wildman–Crippen LogP) is 4.14. The van der Waals surface area contributed by atoms with Crippen molar-refractivity contribution in [2.24, 2.45) is 0 Å². The molecule has 3 saturated heterocycles. The van der Waals surface area contributed by atoms with E-state index in [9.17, 15) is 9.18 Å². The number of aromatic amines is 1. The van der Waals surface area contributed by atoms with Gasteiger partial charge in [-0.1, -0.05) is 17.7 Å². The molecular formula is C25H30BrClF2N4O4. The van der Waals surface area contributed by atoms with Crippen molar-refractivity contribution < 1.29 is 23.0 Å². The number of alkyl halides is 1. The zero-order valence-corrected chi connectivity index (χ0v) is 22.7. The van der Waals surface area contributed by atoms with Crippen molar-refractivity contribution in [1.29, 1.82) is 0 Å². The molecule has 202 valence electrons. The van der Waals surface area contributed by atoms with E-state index >= 15 is 4.39 Å². The fourth-order valence-electron chi connectivity index (χ4n) is 5.62. The number of nitrogens with zero attached hydrogens (tertiary/aromatic N) is 2. The molecule has 3 aliphatic rings. The molecule has 2 unspecified atom stereocenters. The van der Waals surface area contributed by atoms with Gasteiger partial charge in [0.25, 0.3) is 11.6 Å². The van der Waals surface area contributed by atoms with Crippen LogP contribution in [0.1, 0.15) is 32.1 Å². The first-order valence-corrected chi connectivity index (χ1v) is 13.7. The summed E-state index contributed by atoms with van der Waals surface area (Å²) >= 11 is 9.56. The monoisotopic (exact) mass is 602 g/mol. The smallest absolute Gasteiger partial charge is 0.297 e. The number of hydrogen-bond acceptors (Lipinski definition) is 7. The Hall–Kier alpha value is -1.79. The Kier molecular flexibility index (Phi) is 8.07. The van der Waals surface area contributed by atoms with Crippen LogP contribution in [0, 0.1) is 5.82 Å². The topological polar surface area (TPSA) is 88.7 Å². The van der Waals surface area contributed by atoms with Crippen LogP contribution >= 0.6 is 27.5 Å². The fraction of sp³-hybridized carbons (Fsp3) is 0.600. The average Bonchev–Trinajstić information content (AvgIpc) is 3.41. The molecule has 4 heterocycles. The Labute approximate surface area is 226 Å². The highest BCUT2D eigenvalue weighted by Crippen LogP contribution is 2.42. The first-order valence-electron chi connectivity index (χ1n) is 12.5. The van der Waals surface area contributed by atoms with Crippen LogP contribution < -0.4 is 20.3 Å². The molecule has 0 amide bonds. The highest BCUT2D eigenvalue weighted by molar-refractivity contribution is 9.10. The summed E-state index contributed by atoms with van der Waals surface area (Å²) in [6.07, 6.45) is 4.83. The van der Waals surface area contributed by atoms with E-state index in [0.717, 1.165) is 38.8 Å². The van der Waals surface area contributed by atoms with Crippen LogP contribution in [0.5, 0.6) is 11.8 Å². The van der Waals surface area contributed by atoms with Crippen molar-refractivity contribution in [3.05, 3.63) is 38.3 Å². The predicted molar refractivity (Wildman–Crippen MR) is 140 cm³/mol. The van der Waals surface area contributed by atoms with Crippen LogP contribution in [-0.4, -0.2) is 78.2 Å². The zero-order valence-electron chi connectivity index (χ0n) is 20.3. The molecule has 5 rings (SSSR count).